The zero-order valence-corrected chi connectivity index (χ0v) is 9.94. The smallest absolute Gasteiger partial charge is 0.244 e. The summed E-state index contributed by atoms with van der Waals surface area (Å²) < 4.78 is 0. The van der Waals surface area contributed by atoms with Gasteiger partial charge in [0.25, 0.3) is 0 Å². The normalized spacial score (nSPS) is 10.9. The molecule has 0 aliphatic heterocycles. The number of nitrogens with one attached hydrogen (secondary N) is 1. The van der Waals surface area contributed by atoms with Gasteiger partial charge in [0.1, 0.15) is 0 Å². The van der Waals surface area contributed by atoms with Crippen molar-refractivity contribution in [3.05, 3.63) is 42.0 Å². The Labute approximate surface area is 97.4 Å². The molecule has 2 heteroatoms. The van der Waals surface area contributed by atoms with Gasteiger partial charge < -0.3 is 5.32 Å². The van der Waals surface area contributed by atoms with E-state index < -0.39 is 0 Å². The van der Waals surface area contributed by atoms with E-state index in [2.05, 4.69) is 19.2 Å². The molecule has 86 valence electrons. The van der Waals surface area contributed by atoms with Crippen molar-refractivity contribution in [1.82, 2.24) is 5.32 Å². The lowest BCUT2D eigenvalue weighted by molar-refractivity contribution is -0.117. The molecular formula is C14H19NO. The highest BCUT2D eigenvalue weighted by atomic mass is 16.1. The maximum absolute atomic E-state index is 11.5. The van der Waals surface area contributed by atoms with Crippen molar-refractivity contribution < 1.29 is 4.79 Å². The molecule has 0 heterocycles. The lowest BCUT2D eigenvalue weighted by Crippen LogP contribution is -2.32. The van der Waals surface area contributed by atoms with Crippen LogP contribution in [0, 0.1) is 0 Å². The summed E-state index contributed by atoms with van der Waals surface area (Å²) in [5.41, 5.74) is 1.04. The zero-order valence-electron chi connectivity index (χ0n) is 9.94. The van der Waals surface area contributed by atoms with E-state index in [-0.39, 0.29) is 11.9 Å². The summed E-state index contributed by atoms with van der Waals surface area (Å²) in [6.07, 6.45) is 5.37. The van der Waals surface area contributed by atoms with Gasteiger partial charge in [0, 0.05) is 12.1 Å². The van der Waals surface area contributed by atoms with Crippen molar-refractivity contribution in [3.63, 3.8) is 0 Å². The number of rotatable bonds is 5. The van der Waals surface area contributed by atoms with Crippen molar-refractivity contribution in [2.24, 2.45) is 0 Å². The topological polar surface area (TPSA) is 29.1 Å². The first kappa shape index (κ1) is 12.5. The van der Waals surface area contributed by atoms with Crippen LogP contribution in [0.2, 0.25) is 0 Å². The van der Waals surface area contributed by atoms with E-state index in [1.807, 2.05) is 36.4 Å². The van der Waals surface area contributed by atoms with E-state index >= 15 is 0 Å². The molecule has 0 fully saturated rings. The van der Waals surface area contributed by atoms with Crippen molar-refractivity contribution >= 4 is 12.0 Å². The van der Waals surface area contributed by atoms with Gasteiger partial charge >= 0.3 is 0 Å². The molecule has 0 unspecified atom stereocenters. The largest absolute Gasteiger partial charge is 0.350 e. The Kier molecular flexibility index (Phi) is 5.34. The Balaban J connectivity index is 2.48. The minimum atomic E-state index is -0.0162. The van der Waals surface area contributed by atoms with Crippen molar-refractivity contribution in [1.29, 1.82) is 0 Å². The predicted octanol–water partition coefficient (Wildman–Crippen LogP) is 3.00. The number of hydrogen-bond donors (Lipinski definition) is 1. The molecule has 0 aliphatic carbocycles. The minimum absolute atomic E-state index is 0.0162. The SMILES string of the molecule is CCC(CC)NC(=O)C=Cc1ccccc1. The van der Waals surface area contributed by atoms with E-state index in [1.165, 1.54) is 0 Å². The molecule has 1 amide bonds. The van der Waals surface area contributed by atoms with E-state index in [9.17, 15) is 4.79 Å². The average molecular weight is 217 g/mol. The zero-order chi connectivity index (χ0) is 11.8. The summed E-state index contributed by atoms with van der Waals surface area (Å²) in [5, 5.41) is 2.96. The van der Waals surface area contributed by atoms with Crippen LogP contribution in [0.1, 0.15) is 32.3 Å². The number of carbonyl (C=O) groups excluding carboxylic acids is 1. The van der Waals surface area contributed by atoms with Crippen molar-refractivity contribution in [2.45, 2.75) is 32.7 Å². The highest BCUT2D eigenvalue weighted by molar-refractivity contribution is 5.91. The molecule has 0 aliphatic rings. The fourth-order valence-corrected chi connectivity index (χ4v) is 1.48. The summed E-state index contributed by atoms with van der Waals surface area (Å²) in [6, 6.07) is 10.1. The molecule has 1 N–H and O–H groups in total. The Morgan fingerprint density at radius 1 is 1.25 bits per heavy atom. The van der Waals surface area contributed by atoms with Crippen LogP contribution in [0.4, 0.5) is 0 Å². The van der Waals surface area contributed by atoms with Gasteiger partial charge in [-0.3, -0.25) is 4.79 Å². The monoisotopic (exact) mass is 217 g/mol. The Bertz CT molecular complexity index is 339. The number of benzene rings is 1. The third-order valence-corrected chi connectivity index (χ3v) is 2.56. The molecule has 1 rings (SSSR count). The molecule has 0 saturated heterocycles. The van der Waals surface area contributed by atoms with Gasteiger partial charge in [-0.15, -0.1) is 0 Å². The van der Waals surface area contributed by atoms with E-state index in [0.29, 0.717) is 0 Å². The third-order valence-electron chi connectivity index (χ3n) is 2.56. The third kappa shape index (κ3) is 4.30. The van der Waals surface area contributed by atoms with Gasteiger partial charge in [-0.25, -0.2) is 0 Å². The number of amides is 1. The van der Waals surface area contributed by atoms with Gasteiger partial charge in [-0.05, 0) is 24.5 Å². The van der Waals surface area contributed by atoms with Crippen LogP contribution < -0.4 is 5.32 Å². The van der Waals surface area contributed by atoms with Crippen molar-refractivity contribution in [3.8, 4) is 0 Å². The maximum atomic E-state index is 11.5. The van der Waals surface area contributed by atoms with E-state index in [0.717, 1.165) is 18.4 Å². The summed E-state index contributed by atoms with van der Waals surface area (Å²) in [5.74, 6) is -0.0162. The fourth-order valence-electron chi connectivity index (χ4n) is 1.48. The van der Waals surface area contributed by atoms with E-state index in [4.69, 9.17) is 0 Å². The standard InChI is InChI=1S/C14H19NO/c1-3-13(4-2)15-14(16)11-10-12-8-6-5-7-9-12/h5-11,13H,3-4H2,1-2H3,(H,15,16). The second kappa shape index (κ2) is 6.83. The van der Waals surface area contributed by atoms with Crippen LogP contribution in [0.3, 0.4) is 0 Å². The van der Waals surface area contributed by atoms with Crippen LogP contribution in [0.15, 0.2) is 36.4 Å². The molecular weight excluding hydrogens is 198 g/mol. The fraction of sp³-hybridized carbons (Fsp3) is 0.357. The lowest BCUT2D eigenvalue weighted by atomic mass is 10.1. The second-order valence-electron chi connectivity index (χ2n) is 3.77. The van der Waals surface area contributed by atoms with Gasteiger partial charge in [-0.2, -0.15) is 0 Å². The van der Waals surface area contributed by atoms with Gasteiger partial charge in [-0.1, -0.05) is 44.2 Å². The predicted molar refractivity (Wildman–Crippen MR) is 68.0 cm³/mol. The molecule has 0 spiro atoms. The van der Waals surface area contributed by atoms with Gasteiger partial charge in [0.2, 0.25) is 5.91 Å². The first-order chi connectivity index (χ1) is 7.76. The summed E-state index contributed by atoms with van der Waals surface area (Å²) in [4.78, 5) is 11.5. The van der Waals surface area contributed by atoms with Crippen LogP contribution >= 0.6 is 0 Å². The molecule has 0 bridgehead atoms. The summed E-state index contributed by atoms with van der Waals surface area (Å²) in [7, 11) is 0. The van der Waals surface area contributed by atoms with Crippen LogP contribution in [0.25, 0.3) is 6.08 Å². The van der Waals surface area contributed by atoms with Crippen LogP contribution in [-0.2, 0) is 4.79 Å². The van der Waals surface area contributed by atoms with Gasteiger partial charge in [0.15, 0.2) is 0 Å². The Morgan fingerprint density at radius 3 is 2.44 bits per heavy atom. The summed E-state index contributed by atoms with van der Waals surface area (Å²) in [6.45, 7) is 4.16. The van der Waals surface area contributed by atoms with Crippen LogP contribution in [-0.4, -0.2) is 11.9 Å². The van der Waals surface area contributed by atoms with Gasteiger partial charge in [0.05, 0.1) is 0 Å². The first-order valence-electron chi connectivity index (χ1n) is 5.79. The molecule has 0 radical (unpaired) electrons. The quantitative estimate of drug-likeness (QED) is 0.755. The minimum Gasteiger partial charge on any atom is -0.350 e. The Hall–Kier alpha value is -1.57. The highest BCUT2D eigenvalue weighted by Crippen LogP contribution is 2.01. The van der Waals surface area contributed by atoms with Crippen LogP contribution in [0.5, 0.6) is 0 Å². The lowest BCUT2D eigenvalue weighted by Gasteiger charge is -2.12. The first-order valence-corrected chi connectivity index (χ1v) is 5.79. The molecule has 16 heavy (non-hydrogen) atoms. The number of carbonyl (C=O) groups is 1. The molecule has 0 aromatic heterocycles. The van der Waals surface area contributed by atoms with Crippen molar-refractivity contribution in [2.75, 3.05) is 0 Å². The molecule has 2 nitrogen and oxygen atoms in total. The Morgan fingerprint density at radius 2 is 1.88 bits per heavy atom. The molecule has 1 aromatic rings. The average Bonchev–Trinajstić information content (AvgIpc) is 2.34. The number of hydrogen-bond acceptors (Lipinski definition) is 1. The van der Waals surface area contributed by atoms with E-state index in [1.54, 1.807) is 6.08 Å². The highest BCUT2D eigenvalue weighted by Gasteiger charge is 2.04. The molecule has 1 aromatic carbocycles. The molecule has 0 saturated carbocycles. The maximum Gasteiger partial charge on any atom is 0.244 e. The second-order valence-corrected chi connectivity index (χ2v) is 3.77. The summed E-state index contributed by atoms with van der Waals surface area (Å²) >= 11 is 0. The molecule has 0 atom stereocenters.